The van der Waals surface area contributed by atoms with Crippen LogP contribution in [0.1, 0.15) is 33.1 Å². The summed E-state index contributed by atoms with van der Waals surface area (Å²) in [6, 6.07) is -0.249. The number of rotatable bonds is 5. The molecule has 8 heteroatoms. The second-order valence-corrected chi connectivity index (χ2v) is 7.94. The molecule has 3 heterocycles. The van der Waals surface area contributed by atoms with Crippen LogP contribution in [0.3, 0.4) is 0 Å². The summed E-state index contributed by atoms with van der Waals surface area (Å²) in [5.41, 5.74) is 0.0622. The third-order valence-corrected chi connectivity index (χ3v) is 6.36. The molecule has 0 aromatic carbocycles. The van der Waals surface area contributed by atoms with Crippen molar-refractivity contribution in [3.8, 4) is 0 Å². The van der Waals surface area contributed by atoms with Gasteiger partial charge in [0.25, 0.3) is 0 Å². The lowest BCUT2D eigenvalue weighted by atomic mass is 9.83. The zero-order valence-electron chi connectivity index (χ0n) is 13.8. The quantitative estimate of drug-likeness (QED) is 0.703. The lowest BCUT2D eigenvalue weighted by Crippen LogP contribution is -2.61. The number of fused-ring (bicyclic) bond motifs is 1. The largest absolute Gasteiger partial charge is 0.477 e. The number of carbonyl (C=O) groups excluding carboxylic acids is 2. The fourth-order valence-corrected chi connectivity index (χ4v) is 5.26. The Bertz CT molecular complexity index is 618. The number of hydrogen-bond donors (Lipinski definition) is 2. The number of thioether (sulfide) groups is 1. The molecule has 0 aromatic rings. The van der Waals surface area contributed by atoms with Crippen LogP contribution in [0.4, 0.5) is 0 Å². The average Bonchev–Trinajstić information content (AvgIpc) is 3.09. The average molecular weight is 354 g/mol. The number of aliphatic carboxylic acids is 1. The Morgan fingerprint density at radius 2 is 2.12 bits per heavy atom. The number of carbonyl (C=O) groups is 3. The van der Waals surface area contributed by atoms with E-state index in [9.17, 15) is 24.6 Å². The molecule has 2 saturated heterocycles. The number of hydrogen-bond acceptors (Lipinski definition) is 5. The van der Waals surface area contributed by atoms with Crippen LogP contribution in [-0.2, 0) is 14.4 Å². The lowest BCUT2D eigenvalue weighted by molar-refractivity contribution is -0.161. The van der Waals surface area contributed by atoms with E-state index in [4.69, 9.17) is 0 Å². The summed E-state index contributed by atoms with van der Waals surface area (Å²) in [7, 11) is 0. The molecule has 2 fully saturated rings. The predicted molar refractivity (Wildman–Crippen MR) is 88.0 cm³/mol. The molecule has 3 rings (SSSR count). The Morgan fingerprint density at radius 3 is 2.71 bits per heavy atom. The van der Waals surface area contributed by atoms with Gasteiger partial charge in [-0.15, -0.1) is 11.8 Å². The van der Waals surface area contributed by atoms with E-state index in [0.717, 1.165) is 6.42 Å². The van der Waals surface area contributed by atoms with E-state index >= 15 is 0 Å². The SMILES string of the molecule is CCC(=O)N1CCC(SC2=C(C(=O)O)N3C(=O)C(C(C)O)[C@H]3C2)C1. The zero-order chi connectivity index (χ0) is 17.6. The lowest BCUT2D eigenvalue weighted by Gasteiger charge is -2.44. The van der Waals surface area contributed by atoms with Crippen LogP contribution < -0.4 is 0 Å². The van der Waals surface area contributed by atoms with Crippen molar-refractivity contribution in [2.75, 3.05) is 13.1 Å². The third kappa shape index (κ3) is 2.71. The van der Waals surface area contributed by atoms with Crippen molar-refractivity contribution >= 4 is 29.5 Å². The summed E-state index contributed by atoms with van der Waals surface area (Å²) in [6.07, 6.45) is 1.00. The number of β-lactam (4-membered cyclic amide) rings is 1. The normalized spacial score (nSPS) is 30.5. The summed E-state index contributed by atoms with van der Waals surface area (Å²) in [5.74, 6) is -1.81. The number of aliphatic hydroxyl groups excluding tert-OH is 1. The first-order chi connectivity index (χ1) is 11.3. The highest BCUT2D eigenvalue weighted by molar-refractivity contribution is 8.03. The summed E-state index contributed by atoms with van der Waals surface area (Å²) in [6.45, 7) is 4.71. The number of carboxylic acids is 1. The van der Waals surface area contributed by atoms with Crippen molar-refractivity contribution in [3.63, 3.8) is 0 Å². The van der Waals surface area contributed by atoms with Gasteiger partial charge in [-0.1, -0.05) is 6.92 Å². The van der Waals surface area contributed by atoms with Crippen molar-refractivity contribution < 1.29 is 24.6 Å². The highest BCUT2D eigenvalue weighted by Gasteiger charge is 2.57. The fraction of sp³-hybridized carbons (Fsp3) is 0.688. The van der Waals surface area contributed by atoms with Gasteiger partial charge in [0, 0.05) is 36.1 Å². The molecule has 0 radical (unpaired) electrons. The molecule has 24 heavy (non-hydrogen) atoms. The second kappa shape index (κ2) is 6.40. The number of likely N-dealkylation sites (tertiary alicyclic amines) is 1. The highest BCUT2D eigenvalue weighted by Crippen LogP contribution is 2.48. The first-order valence-electron chi connectivity index (χ1n) is 8.27. The van der Waals surface area contributed by atoms with Gasteiger partial charge in [0.15, 0.2) is 0 Å². The Kier molecular flexibility index (Phi) is 4.61. The molecule has 3 aliphatic heterocycles. The molecule has 4 atom stereocenters. The molecule has 3 unspecified atom stereocenters. The predicted octanol–water partition coefficient (Wildman–Crippen LogP) is 0.638. The molecule has 2 amide bonds. The Labute approximate surface area is 144 Å². The minimum Gasteiger partial charge on any atom is -0.477 e. The highest BCUT2D eigenvalue weighted by atomic mass is 32.2. The fourth-order valence-electron chi connectivity index (χ4n) is 3.81. The smallest absolute Gasteiger partial charge is 0.353 e. The molecule has 3 aliphatic rings. The van der Waals surface area contributed by atoms with E-state index in [-0.39, 0.29) is 28.8 Å². The van der Waals surface area contributed by atoms with E-state index in [0.29, 0.717) is 30.8 Å². The molecule has 0 spiro atoms. The van der Waals surface area contributed by atoms with Crippen LogP contribution >= 0.6 is 11.8 Å². The Hall–Kier alpha value is -1.54. The molecule has 0 aliphatic carbocycles. The van der Waals surface area contributed by atoms with Crippen LogP contribution in [-0.4, -0.2) is 68.3 Å². The van der Waals surface area contributed by atoms with Crippen LogP contribution in [0.15, 0.2) is 10.6 Å². The van der Waals surface area contributed by atoms with Gasteiger partial charge < -0.3 is 20.0 Å². The van der Waals surface area contributed by atoms with Crippen molar-refractivity contribution in [1.29, 1.82) is 0 Å². The van der Waals surface area contributed by atoms with Crippen LogP contribution in [0.2, 0.25) is 0 Å². The van der Waals surface area contributed by atoms with Crippen LogP contribution in [0.5, 0.6) is 0 Å². The van der Waals surface area contributed by atoms with Crippen molar-refractivity contribution in [3.05, 3.63) is 10.6 Å². The minimum absolute atomic E-state index is 0.0622. The topological polar surface area (TPSA) is 98.2 Å². The van der Waals surface area contributed by atoms with Gasteiger partial charge in [0.2, 0.25) is 11.8 Å². The van der Waals surface area contributed by atoms with E-state index in [1.54, 1.807) is 6.92 Å². The van der Waals surface area contributed by atoms with Gasteiger partial charge >= 0.3 is 5.97 Å². The molecule has 132 valence electrons. The maximum atomic E-state index is 12.2. The Balaban J connectivity index is 1.73. The molecule has 0 aromatic heterocycles. The summed E-state index contributed by atoms with van der Waals surface area (Å²) in [5, 5.41) is 19.4. The summed E-state index contributed by atoms with van der Waals surface area (Å²) < 4.78 is 0. The van der Waals surface area contributed by atoms with Gasteiger partial charge in [-0.05, 0) is 13.3 Å². The maximum absolute atomic E-state index is 12.2. The van der Waals surface area contributed by atoms with E-state index in [2.05, 4.69) is 0 Å². The monoisotopic (exact) mass is 354 g/mol. The van der Waals surface area contributed by atoms with Crippen molar-refractivity contribution in [1.82, 2.24) is 9.80 Å². The summed E-state index contributed by atoms with van der Waals surface area (Å²) in [4.78, 5) is 39.4. The third-order valence-electron chi connectivity index (χ3n) is 5.00. The number of carboxylic acid groups (broad SMARTS) is 1. The van der Waals surface area contributed by atoms with E-state index < -0.39 is 18.0 Å². The summed E-state index contributed by atoms with van der Waals surface area (Å²) >= 11 is 1.48. The first kappa shape index (κ1) is 17.3. The molecule has 0 saturated carbocycles. The van der Waals surface area contributed by atoms with E-state index in [1.165, 1.54) is 16.7 Å². The van der Waals surface area contributed by atoms with Gasteiger partial charge in [0.1, 0.15) is 5.70 Å². The second-order valence-electron chi connectivity index (χ2n) is 6.54. The van der Waals surface area contributed by atoms with Crippen LogP contribution in [0, 0.1) is 5.92 Å². The Morgan fingerprint density at radius 1 is 1.42 bits per heavy atom. The van der Waals surface area contributed by atoms with Crippen LogP contribution in [0.25, 0.3) is 0 Å². The zero-order valence-corrected chi connectivity index (χ0v) is 14.6. The van der Waals surface area contributed by atoms with Gasteiger partial charge in [-0.2, -0.15) is 0 Å². The van der Waals surface area contributed by atoms with Gasteiger partial charge in [0.05, 0.1) is 18.1 Å². The van der Waals surface area contributed by atoms with Gasteiger partial charge in [-0.25, -0.2) is 4.79 Å². The van der Waals surface area contributed by atoms with Crippen molar-refractivity contribution in [2.45, 2.75) is 50.5 Å². The standard InChI is InChI=1S/C16H22N2O5S/c1-3-12(20)17-5-4-9(7-17)24-11-6-10-13(8(2)19)15(21)18(10)14(11)16(22)23/h8-10,13,19H,3-7H2,1-2H3,(H,22,23)/t8?,9?,10-,13?/m1/s1. The van der Waals surface area contributed by atoms with E-state index in [1.807, 2.05) is 11.8 Å². The molecular weight excluding hydrogens is 332 g/mol. The number of nitrogens with zero attached hydrogens (tertiary/aromatic N) is 2. The molecular formula is C16H22N2O5S. The minimum atomic E-state index is -1.10. The molecule has 0 bridgehead atoms. The van der Waals surface area contributed by atoms with Crippen molar-refractivity contribution in [2.24, 2.45) is 5.92 Å². The van der Waals surface area contributed by atoms with Gasteiger partial charge in [-0.3, -0.25) is 9.59 Å². The number of aliphatic hydroxyl groups is 1. The first-order valence-corrected chi connectivity index (χ1v) is 9.15. The maximum Gasteiger partial charge on any atom is 0.353 e. The molecule has 2 N–H and O–H groups in total. The molecule has 7 nitrogen and oxygen atoms in total. The number of amides is 2.